The van der Waals surface area contributed by atoms with Gasteiger partial charge in [-0.2, -0.15) is 0 Å². The second-order valence-corrected chi connectivity index (χ2v) is 4.04. The molecule has 0 aliphatic carbocycles. The average molecular weight is 269 g/mol. The highest BCUT2D eigenvalue weighted by Gasteiger charge is 2.12. The molecule has 0 aliphatic rings. The Bertz CT molecular complexity index is 474. The summed E-state index contributed by atoms with van der Waals surface area (Å²) in [5.74, 6) is -0.393. The lowest BCUT2D eigenvalue weighted by molar-refractivity contribution is -0.118. The van der Waals surface area contributed by atoms with Crippen molar-refractivity contribution < 1.29 is 14.4 Å². The van der Waals surface area contributed by atoms with Crippen molar-refractivity contribution in [1.29, 1.82) is 0 Å². The van der Waals surface area contributed by atoms with E-state index in [0.29, 0.717) is 22.7 Å². The van der Waals surface area contributed by atoms with Crippen LogP contribution in [0.25, 0.3) is 0 Å². The molecule has 0 unspecified atom stereocenters. The van der Waals surface area contributed by atoms with Gasteiger partial charge < -0.3 is 10.6 Å². The lowest BCUT2D eigenvalue weighted by Gasteiger charge is -2.08. The van der Waals surface area contributed by atoms with Gasteiger partial charge in [-0.15, -0.1) is 0 Å². The van der Waals surface area contributed by atoms with Gasteiger partial charge in [-0.25, -0.2) is 0 Å². The van der Waals surface area contributed by atoms with E-state index in [1.807, 2.05) is 0 Å². The topological polar surface area (TPSA) is 75.3 Å². The summed E-state index contributed by atoms with van der Waals surface area (Å²) < 4.78 is 0. The normalized spacial score (nSPS) is 9.67. The van der Waals surface area contributed by atoms with Gasteiger partial charge >= 0.3 is 0 Å². The van der Waals surface area contributed by atoms with Gasteiger partial charge in [0.15, 0.2) is 5.78 Å². The molecule has 1 aromatic carbocycles. The number of carbonyl (C=O) groups excluding carboxylic acids is 3. The Morgan fingerprint density at radius 3 is 2.72 bits per heavy atom. The fourth-order valence-electron chi connectivity index (χ4n) is 1.42. The largest absolute Gasteiger partial charge is 0.356 e. The molecule has 18 heavy (non-hydrogen) atoms. The van der Waals surface area contributed by atoms with Crippen molar-refractivity contribution in [3.63, 3.8) is 0 Å². The van der Waals surface area contributed by atoms with Gasteiger partial charge in [-0.3, -0.25) is 14.4 Å². The van der Waals surface area contributed by atoms with Gasteiger partial charge in [0.25, 0.3) is 0 Å². The summed E-state index contributed by atoms with van der Waals surface area (Å²) in [6, 6.07) is 4.63. The van der Waals surface area contributed by atoms with Gasteiger partial charge in [0.05, 0.1) is 5.69 Å². The first kappa shape index (κ1) is 14.2. The zero-order chi connectivity index (χ0) is 13.5. The molecule has 0 aliphatic heterocycles. The number of amides is 2. The smallest absolute Gasteiger partial charge is 0.216 e. The van der Waals surface area contributed by atoms with Gasteiger partial charge in [-0.1, -0.05) is 11.6 Å². The average Bonchev–Trinajstić information content (AvgIpc) is 2.31. The SMILES string of the molecule is CC(=O)NCCC(=O)c1cc(Cl)ccc1NC=O. The van der Waals surface area contributed by atoms with E-state index in [1.165, 1.54) is 13.0 Å². The third-order valence-corrected chi connectivity index (χ3v) is 2.46. The molecule has 0 saturated heterocycles. The van der Waals surface area contributed by atoms with Gasteiger partial charge in [0, 0.05) is 30.5 Å². The van der Waals surface area contributed by atoms with Crippen LogP contribution < -0.4 is 10.6 Å². The van der Waals surface area contributed by atoms with E-state index in [2.05, 4.69) is 10.6 Å². The molecule has 0 spiro atoms. The molecule has 0 atom stereocenters. The van der Waals surface area contributed by atoms with Crippen LogP contribution in [0.4, 0.5) is 5.69 Å². The van der Waals surface area contributed by atoms with Crippen LogP contribution in [0.15, 0.2) is 18.2 Å². The fraction of sp³-hybridized carbons (Fsp3) is 0.250. The maximum Gasteiger partial charge on any atom is 0.216 e. The lowest BCUT2D eigenvalue weighted by atomic mass is 10.1. The monoisotopic (exact) mass is 268 g/mol. The second kappa shape index (κ2) is 6.76. The van der Waals surface area contributed by atoms with Crippen molar-refractivity contribution in [2.75, 3.05) is 11.9 Å². The molecular weight excluding hydrogens is 256 g/mol. The van der Waals surface area contributed by atoms with Crippen LogP contribution in [0.1, 0.15) is 23.7 Å². The Balaban J connectivity index is 2.79. The highest BCUT2D eigenvalue weighted by Crippen LogP contribution is 2.21. The third-order valence-electron chi connectivity index (χ3n) is 2.22. The van der Waals surface area contributed by atoms with Crippen LogP contribution in [0.2, 0.25) is 5.02 Å². The lowest BCUT2D eigenvalue weighted by Crippen LogP contribution is -2.23. The molecule has 0 heterocycles. The number of anilines is 1. The quantitative estimate of drug-likeness (QED) is 0.608. The molecule has 0 fully saturated rings. The summed E-state index contributed by atoms with van der Waals surface area (Å²) in [7, 11) is 0. The third kappa shape index (κ3) is 4.18. The van der Waals surface area contributed by atoms with E-state index in [1.54, 1.807) is 12.1 Å². The minimum Gasteiger partial charge on any atom is -0.356 e. The van der Waals surface area contributed by atoms with Crippen molar-refractivity contribution in [2.24, 2.45) is 0 Å². The first-order valence-corrected chi connectivity index (χ1v) is 5.69. The number of carbonyl (C=O) groups is 3. The molecule has 0 radical (unpaired) electrons. The van der Waals surface area contributed by atoms with E-state index < -0.39 is 0 Å². The molecule has 96 valence electrons. The second-order valence-electron chi connectivity index (χ2n) is 3.61. The fourth-order valence-corrected chi connectivity index (χ4v) is 1.60. The van der Waals surface area contributed by atoms with E-state index in [-0.39, 0.29) is 24.7 Å². The summed E-state index contributed by atoms with van der Waals surface area (Å²) in [6.45, 7) is 1.63. The number of rotatable bonds is 6. The predicted octanol–water partition coefficient (Wildman–Crippen LogP) is 1.62. The van der Waals surface area contributed by atoms with Crippen LogP contribution in [-0.2, 0) is 9.59 Å². The summed E-state index contributed by atoms with van der Waals surface area (Å²) in [6.07, 6.45) is 0.640. The molecule has 6 heteroatoms. The predicted molar refractivity (Wildman–Crippen MR) is 68.8 cm³/mol. The van der Waals surface area contributed by atoms with Gasteiger partial charge in [0.1, 0.15) is 0 Å². The summed E-state index contributed by atoms with van der Waals surface area (Å²) in [5, 5.41) is 5.38. The van der Waals surface area contributed by atoms with E-state index in [9.17, 15) is 14.4 Å². The minimum absolute atomic E-state index is 0.146. The summed E-state index contributed by atoms with van der Waals surface area (Å²) >= 11 is 5.81. The number of ketones is 1. The number of halogens is 1. The summed E-state index contributed by atoms with van der Waals surface area (Å²) in [4.78, 5) is 33.0. The molecule has 2 amide bonds. The van der Waals surface area contributed by atoms with Crippen molar-refractivity contribution >= 4 is 35.4 Å². The Morgan fingerprint density at radius 1 is 1.39 bits per heavy atom. The highest BCUT2D eigenvalue weighted by atomic mass is 35.5. The Morgan fingerprint density at radius 2 is 2.11 bits per heavy atom. The first-order chi connectivity index (χ1) is 8.54. The van der Waals surface area contributed by atoms with Crippen molar-refractivity contribution in [3.8, 4) is 0 Å². The Labute approximate surface area is 110 Å². The summed E-state index contributed by atoms with van der Waals surface area (Å²) in [5.41, 5.74) is 0.738. The molecule has 0 bridgehead atoms. The molecule has 0 aromatic heterocycles. The number of hydrogen-bond donors (Lipinski definition) is 2. The van der Waals surface area contributed by atoms with Crippen LogP contribution >= 0.6 is 11.6 Å². The molecule has 1 rings (SSSR count). The van der Waals surface area contributed by atoms with E-state index >= 15 is 0 Å². The first-order valence-electron chi connectivity index (χ1n) is 5.32. The van der Waals surface area contributed by atoms with Crippen molar-refractivity contribution in [3.05, 3.63) is 28.8 Å². The van der Waals surface area contributed by atoms with E-state index in [4.69, 9.17) is 11.6 Å². The number of nitrogens with one attached hydrogen (secondary N) is 2. The number of Topliss-reactive ketones (excluding diaryl/α,β-unsaturated/α-hetero) is 1. The molecule has 0 saturated carbocycles. The van der Waals surface area contributed by atoms with Gasteiger partial charge in [-0.05, 0) is 18.2 Å². The Hall–Kier alpha value is -1.88. The number of hydrogen-bond acceptors (Lipinski definition) is 3. The molecular formula is C12H13ClN2O3. The minimum atomic E-state index is -0.199. The highest BCUT2D eigenvalue weighted by molar-refractivity contribution is 6.31. The van der Waals surface area contributed by atoms with E-state index in [0.717, 1.165) is 0 Å². The van der Waals surface area contributed by atoms with Crippen molar-refractivity contribution in [1.82, 2.24) is 5.32 Å². The molecule has 2 N–H and O–H groups in total. The maximum absolute atomic E-state index is 11.9. The molecule has 5 nitrogen and oxygen atoms in total. The van der Waals surface area contributed by atoms with Crippen LogP contribution in [0.3, 0.4) is 0 Å². The standard InChI is InChI=1S/C12H13ClN2O3/c1-8(17)14-5-4-12(18)10-6-9(13)2-3-11(10)15-7-16/h2-3,6-7H,4-5H2,1H3,(H,14,17)(H,15,16). The zero-order valence-electron chi connectivity index (χ0n) is 9.83. The van der Waals surface area contributed by atoms with Crippen LogP contribution in [-0.4, -0.2) is 24.6 Å². The Kier molecular flexibility index (Phi) is 5.32. The zero-order valence-corrected chi connectivity index (χ0v) is 10.6. The van der Waals surface area contributed by atoms with Crippen molar-refractivity contribution in [2.45, 2.75) is 13.3 Å². The molecule has 1 aromatic rings. The van der Waals surface area contributed by atoms with Gasteiger partial charge in [0.2, 0.25) is 12.3 Å². The number of benzene rings is 1. The van der Waals surface area contributed by atoms with Crippen LogP contribution in [0.5, 0.6) is 0 Å². The van der Waals surface area contributed by atoms with Crippen LogP contribution in [0, 0.1) is 0 Å². The maximum atomic E-state index is 11.9.